The molecule has 5 heteroatoms. The summed E-state index contributed by atoms with van der Waals surface area (Å²) in [6.07, 6.45) is 2.15. The Balaban J connectivity index is 1.13. The van der Waals surface area contributed by atoms with E-state index in [-0.39, 0.29) is 0 Å². The number of hydrogen-bond acceptors (Lipinski definition) is 3. The van der Waals surface area contributed by atoms with E-state index in [2.05, 4.69) is 243 Å². The minimum Gasteiger partial charge on any atom is -0.308 e. The molecular weight excluding hydrogens is 803 g/mol. The molecule has 10 aromatic carbocycles. The van der Waals surface area contributed by atoms with E-state index in [0.717, 1.165) is 50.8 Å². The molecule has 0 aliphatic heterocycles. The van der Waals surface area contributed by atoms with E-state index < -0.39 is 0 Å². The molecule has 5 heterocycles. The van der Waals surface area contributed by atoms with Gasteiger partial charge in [-0.05, 0) is 82.2 Å². The topological polar surface area (TPSA) is 28.2 Å². The van der Waals surface area contributed by atoms with Crippen LogP contribution < -0.4 is 9.80 Å². The zero-order chi connectivity index (χ0) is 43.0. The lowest BCUT2D eigenvalue weighted by molar-refractivity contribution is 1.24. The van der Waals surface area contributed by atoms with Gasteiger partial charge in [-0.2, -0.15) is 0 Å². The van der Waals surface area contributed by atoms with Crippen molar-refractivity contribution in [1.82, 2.24) is 13.8 Å². The van der Waals surface area contributed by atoms with Gasteiger partial charge in [0.25, 0.3) is 0 Å². The van der Waals surface area contributed by atoms with Gasteiger partial charge in [0.05, 0.1) is 45.2 Å². The molecule has 5 aromatic heterocycles. The molecule has 0 N–H and O–H groups in total. The fourth-order valence-corrected chi connectivity index (χ4v) is 11.6. The van der Waals surface area contributed by atoms with Crippen molar-refractivity contribution >= 4 is 132 Å². The molecule has 0 aliphatic rings. The Kier molecular flexibility index (Phi) is 7.16. The van der Waals surface area contributed by atoms with Gasteiger partial charge in [0.15, 0.2) is 0 Å². The summed E-state index contributed by atoms with van der Waals surface area (Å²) in [7, 11) is 0. The molecule has 15 aromatic rings. The molecule has 0 radical (unpaired) electrons. The normalized spacial score (nSPS) is 12.2. The largest absolute Gasteiger partial charge is 0.308 e. The van der Waals surface area contributed by atoms with Crippen LogP contribution in [0.4, 0.5) is 34.1 Å². The fourth-order valence-electron chi connectivity index (χ4n) is 11.6. The minimum absolute atomic E-state index is 0.959. The van der Waals surface area contributed by atoms with Crippen LogP contribution in [0.2, 0.25) is 0 Å². The Morgan fingerprint density at radius 3 is 1.14 bits per heavy atom. The summed E-state index contributed by atoms with van der Waals surface area (Å²) in [5, 5.41) is 14.7. The average molecular weight is 840 g/mol. The van der Waals surface area contributed by atoms with Crippen LogP contribution in [0.3, 0.4) is 0 Å². The Bertz CT molecular complexity index is 4020. The van der Waals surface area contributed by atoms with Crippen LogP contribution in [0, 0.1) is 0 Å². The predicted molar refractivity (Wildman–Crippen MR) is 278 cm³/mol. The van der Waals surface area contributed by atoms with Gasteiger partial charge < -0.3 is 14.2 Å². The number of hydrogen-bond donors (Lipinski definition) is 0. The van der Waals surface area contributed by atoms with Gasteiger partial charge in [0, 0.05) is 65.8 Å². The number of fused-ring (bicyclic) bond motifs is 17. The van der Waals surface area contributed by atoms with Crippen LogP contribution in [0.1, 0.15) is 0 Å². The highest BCUT2D eigenvalue weighted by atomic mass is 15.2. The number of nitrogens with zero attached hydrogens (tertiary/aromatic N) is 5. The van der Waals surface area contributed by atoms with Crippen LogP contribution in [0.5, 0.6) is 0 Å². The number of aromatic nitrogens is 3. The van der Waals surface area contributed by atoms with Crippen molar-refractivity contribution in [2.45, 2.75) is 0 Å². The van der Waals surface area contributed by atoms with Crippen LogP contribution in [-0.4, -0.2) is 13.8 Å². The zero-order valence-corrected chi connectivity index (χ0v) is 35.6. The van der Waals surface area contributed by atoms with Gasteiger partial charge in [0.1, 0.15) is 5.65 Å². The van der Waals surface area contributed by atoms with Gasteiger partial charge in [0.2, 0.25) is 0 Å². The highest BCUT2D eigenvalue weighted by Gasteiger charge is 2.30. The first-order valence-corrected chi connectivity index (χ1v) is 22.6. The summed E-state index contributed by atoms with van der Waals surface area (Å²) in [4.78, 5) is 10.5. The molecule has 0 saturated heterocycles. The number of rotatable bonds is 6. The molecule has 0 amide bonds. The summed E-state index contributed by atoms with van der Waals surface area (Å²) < 4.78 is 5.01. The lowest BCUT2D eigenvalue weighted by atomic mass is 9.99. The molecule has 0 aliphatic carbocycles. The van der Waals surface area contributed by atoms with E-state index >= 15 is 0 Å². The predicted octanol–water partition coefficient (Wildman–Crippen LogP) is 16.6. The van der Waals surface area contributed by atoms with E-state index in [1.807, 2.05) is 0 Å². The first-order valence-electron chi connectivity index (χ1n) is 22.6. The summed E-state index contributed by atoms with van der Waals surface area (Å²) in [5.74, 6) is 0. The average Bonchev–Trinajstić information content (AvgIpc) is 4.12. The second kappa shape index (κ2) is 13.3. The van der Waals surface area contributed by atoms with Crippen LogP contribution in [0.25, 0.3) is 97.9 Å². The van der Waals surface area contributed by atoms with Crippen molar-refractivity contribution in [3.05, 3.63) is 225 Å². The minimum atomic E-state index is 0.959. The molecule has 0 fully saturated rings. The van der Waals surface area contributed by atoms with Crippen LogP contribution in [-0.2, 0) is 0 Å². The highest BCUT2D eigenvalue weighted by Crippen LogP contribution is 2.52. The molecule has 5 nitrogen and oxygen atoms in total. The molecule has 0 saturated carbocycles. The number of pyridine rings is 1. The first-order chi connectivity index (χ1) is 32.8. The Morgan fingerprint density at radius 1 is 0.303 bits per heavy atom. The molecule has 66 heavy (non-hydrogen) atoms. The first kappa shape index (κ1) is 35.5. The molecular formula is C61H37N5. The summed E-state index contributed by atoms with van der Waals surface area (Å²) in [6, 6.07) is 79.3. The molecule has 15 rings (SSSR count). The number of benzene rings is 10. The van der Waals surface area contributed by atoms with Gasteiger partial charge in [-0.15, -0.1) is 0 Å². The Morgan fingerprint density at radius 2 is 0.667 bits per heavy atom. The fraction of sp³-hybridized carbons (Fsp3) is 0. The SMILES string of the molecule is c1ccc(N(c2ccccc2)c2cc3ccccc3c3c4cccc5c6c7c8cccc9c%10c%11ccccc%11cc(N(c%11ccccc%11)c%11ccccc%11)c%10n(c7ncc6n(c23)c54)c89)cc1. The van der Waals surface area contributed by atoms with Gasteiger partial charge in [-0.1, -0.05) is 158 Å². The standard InChI is InChI=1S/C61H37N5/c1-5-21-40(22-6-1)63(41-23-7-2-8-24-41)50-35-38-19-13-15-29-44(38)53-46-31-17-33-48-55-52(65(57(46)48)59(50)53)37-62-61-56(55)49-34-18-32-47-54-45-30-16-14-20-39(45)36-51(60(54)66(61)58(47)49)64(42-25-9-3-10-26-42)43-27-11-4-12-28-43/h1-37H. The third kappa shape index (κ3) is 4.65. The third-order valence-corrected chi connectivity index (χ3v) is 14.1. The van der Waals surface area contributed by atoms with Gasteiger partial charge in [-0.25, -0.2) is 4.98 Å². The van der Waals surface area contributed by atoms with Crippen molar-refractivity contribution < 1.29 is 0 Å². The quantitative estimate of drug-likeness (QED) is 0.167. The second-order valence-corrected chi connectivity index (χ2v) is 17.5. The van der Waals surface area contributed by atoms with Gasteiger partial charge in [-0.3, -0.25) is 4.40 Å². The zero-order valence-electron chi connectivity index (χ0n) is 35.6. The summed E-state index contributed by atoms with van der Waals surface area (Å²) >= 11 is 0. The maximum Gasteiger partial charge on any atom is 0.146 e. The monoisotopic (exact) mass is 839 g/mol. The van der Waals surface area contributed by atoms with Crippen molar-refractivity contribution in [3.8, 4) is 0 Å². The number of para-hydroxylation sites is 6. The van der Waals surface area contributed by atoms with E-state index in [1.165, 1.54) is 81.2 Å². The number of anilines is 6. The third-order valence-electron chi connectivity index (χ3n) is 14.1. The maximum atomic E-state index is 5.64. The van der Waals surface area contributed by atoms with Crippen LogP contribution >= 0.6 is 0 Å². The summed E-state index contributed by atoms with van der Waals surface area (Å²) in [6.45, 7) is 0. The molecule has 0 bridgehead atoms. The van der Waals surface area contributed by atoms with Crippen molar-refractivity contribution in [2.75, 3.05) is 9.80 Å². The van der Waals surface area contributed by atoms with Crippen molar-refractivity contribution in [1.29, 1.82) is 0 Å². The van der Waals surface area contributed by atoms with Crippen molar-refractivity contribution in [2.24, 2.45) is 0 Å². The highest BCUT2D eigenvalue weighted by molar-refractivity contribution is 6.38. The van der Waals surface area contributed by atoms with E-state index in [4.69, 9.17) is 4.98 Å². The smallest absolute Gasteiger partial charge is 0.146 e. The lowest BCUT2D eigenvalue weighted by Gasteiger charge is -2.27. The molecule has 306 valence electrons. The van der Waals surface area contributed by atoms with E-state index in [0.29, 0.717) is 0 Å². The van der Waals surface area contributed by atoms with E-state index in [9.17, 15) is 0 Å². The molecule has 0 unspecified atom stereocenters. The van der Waals surface area contributed by atoms with Crippen molar-refractivity contribution in [3.63, 3.8) is 0 Å². The summed E-state index contributed by atoms with van der Waals surface area (Å²) in [5.41, 5.74) is 13.4. The second-order valence-electron chi connectivity index (χ2n) is 17.5. The lowest BCUT2D eigenvalue weighted by Crippen LogP contribution is -2.11. The maximum absolute atomic E-state index is 5.64. The van der Waals surface area contributed by atoms with Gasteiger partial charge >= 0.3 is 0 Å². The molecule has 0 spiro atoms. The Labute approximate surface area is 378 Å². The Hall–Kier alpha value is -8.93. The van der Waals surface area contributed by atoms with E-state index in [1.54, 1.807) is 0 Å². The molecule has 0 atom stereocenters. The van der Waals surface area contributed by atoms with Crippen LogP contribution in [0.15, 0.2) is 225 Å².